The summed E-state index contributed by atoms with van der Waals surface area (Å²) in [5, 5.41) is 23.6. The Hall–Kier alpha value is -2.29. The largest absolute Gasteiger partial charge is 0.355 e. The molecule has 0 heterocycles. The van der Waals surface area contributed by atoms with Crippen LogP contribution in [-0.4, -0.2) is 4.92 Å². The summed E-state index contributed by atoms with van der Waals surface area (Å²) in [4.78, 5) is 10.1. The Morgan fingerprint density at radius 2 is 1.75 bits per heavy atom. The standard InChI is InChI=1S/C13H7Cl2N3O2/c14-9-4-10(15)6-12(5-9)17-11-1-2-13(18(19)20)8(3-11)7-16/h1-6,17H. The minimum absolute atomic E-state index is 0.0203. The Balaban J connectivity index is 2.35. The second kappa shape index (κ2) is 5.78. The zero-order valence-corrected chi connectivity index (χ0v) is 11.4. The topological polar surface area (TPSA) is 79.0 Å². The quantitative estimate of drug-likeness (QED) is 0.668. The molecule has 0 spiro atoms. The molecule has 5 nitrogen and oxygen atoms in total. The molecule has 100 valence electrons. The van der Waals surface area contributed by atoms with Crippen LogP contribution in [0, 0.1) is 21.4 Å². The van der Waals surface area contributed by atoms with E-state index in [2.05, 4.69) is 5.32 Å². The van der Waals surface area contributed by atoms with E-state index in [4.69, 9.17) is 28.5 Å². The van der Waals surface area contributed by atoms with Crippen molar-refractivity contribution in [2.45, 2.75) is 0 Å². The minimum Gasteiger partial charge on any atom is -0.355 e. The smallest absolute Gasteiger partial charge is 0.287 e. The summed E-state index contributed by atoms with van der Waals surface area (Å²) in [5.41, 5.74) is 0.904. The number of nitro groups is 1. The van der Waals surface area contributed by atoms with Crippen LogP contribution < -0.4 is 5.32 Å². The molecule has 0 atom stereocenters. The van der Waals surface area contributed by atoms with Crippen LogP contribution in [0.25, 0.3) is 0 Å². The molecule has 20 heavy (non-hydrogen) atoms. The SMILES string of the molecule is N#Cc1cc(Nc2cc(Cl)cc(Cl)c2)ccc1[N+](=O)[O-]. The van der Waals surface area contributed by atoms with Crippen molar-refractivity contribution in [2.75, 3.05) is 5.32 Å². The molecule has 0 saturated carbocycles. The molecule has 0 aromatic heterocycles. The third kappa shape index (κ3) is 3.18. The number of nitrogens with one attached hydrogen (secondary N) is 1. The zero-order valence-electron chi connectivity index (χ0n) is 9.93. The van der Waals surface area contributed by atoms with Crippen LogP contribution in [0.4, 0.5) is 17.1 Å². The summed E-state index contributed by atoms with van der Waals surface area (Å²) in [7, 11) is 0. The number of nitrogens with zero attached hydrogens (tertiary/aromatic N) is 2. The van der Waals surface area contributed by atoms with Crippen LogP contribution in [0.15, 0.2) is 36.4 Å². The fraction of sp³-hybridized carbons (Fsp3) is 0. The molecule has 0 bridgehead atoms. The summed E-state index contributed by atoms with van der Waals surface area (Å²) >= 11 is 11.8. The van der Waals surface area contributed by atoms with Gasteiger partial charge in [0.2, 0.25) is 0 Å². The molecule has 0 fully saturated rings. The fourth-order valence-electron chi connectivity index (χ4n) is 1.66. The highest BCUT2D eigenvalue weighted by molar-refractivity contribution is 6.35. The number of anilines is 2. The van der Waals surface area contributed by atoms with Crippen molar-refractivity contribution in [3.05, 3.63) is 62.1 Å². The highest BCUT2D eigenvalue weighted by Gasteiger charge is 2.13. The molecule has 0 radical (unpaired) electrons. The first-order valence-corrected chi connectivity index (χ1v) is 6.17. The number of nitro benzene ring substituents is 1. The highest BCUT2D eigenvalue weighted by Crippen LogP contribution is 2.27. The van der Waals surface area contributed by atoms with Gasteiger partial charge in [0.15, 0.2) is 0 Å². The van der Waals surface area contributed by atoms with Gasteiger partial charge in [-0.2, -0.15) is 5.26 Å². The maximum absolute atomic E-state index is 10.7. The Morgan fingerprint density at radius 3 is 2.30 bits per heavy atom. The lowest BCUT2D eigenvalue weighted by Crippen LogP contribution is -1.95. The van der Waals surface area contributed by atoms with E-state index in [0.717, 1.165) is 0 Å². The summed E-state index contributed by atoms with van der Waals surface area (Å²) in [5.74, 6) is 0. The predicted molar refractivity (Wildman–Crippen MR) is 77.6 cm³/mol. The maximum Gasteiger partial charge on any atom is 0.287 e. The van der Waals surface area contributed by atoms with Crippen LogP contribution in [0.2, 0.25) is 10.0 Å². The van der Waals surface area contributed by atoms with Gasteiger partial charge in [-0.05, 0) is 30.3 Å². The Labute approximate surface area is 124 Å². The number of nitriles is 1. The van der Waals surface area contributed by atoms with Gasteiger partial charge in [0.1, 0.15) is 11.6 Å². The van der Waals surface area contributed by atoms with Crippen LogP contribution in [0.1, 0.15) is 5.56 Å². The number of hydrogen-bond acceptors (Lipinski definition) is 4. The van der Waals surface area contributed by atoms with Crippen LogP contribution in [0.3, 0.4) is 0 Å². The van der Waals surface area contributed by atoms with Crippen molar-refractivity contribution in [1.29, 1.82) is 5.26 Å². The van der Waals surface area contributed by atoms with E-state index in [9.17, 15) is 10.1 Å². The minimum atomic E-state index is -0.599. The molecule has 0 aliphatic carbocycles. The second-order valence-corrected chi connectivity index (χ2v) is 4.76. The molecule has 7 heteroatoms. The van der Waals surface area contributed by atoms with E-state index in [1.165, 1.54) is 18.2 Å². The molecule has 0 aliphatic heterocycles. The van der Waals surface area contributed by atoms with Crippen molar-refractivity contribution in [1.82, 2.24) is 0 Å². The maximum atomic E-state index is 10.7. The van der Waals surface area contributed by atoms with Crippen LogP contribution >= 0.6 is 23.2 Å². The highest BCUT2D eigenvalue weighted by atomic mass is 35.5. The number of benzene rings is 2. The summed E-state index contributed by atoms with van der Waals surface area (Å²) in [6.07, 6.45) is 0. The molecular formula is C13H7Cl2N3O2. The lowest BCUT2D eigenvalue weighted by atomic mass is 10.1. The third-order valence-corrected chi connectivity index (χ3v) is 2.90. The first kappa shape index (κ1) is 14.1. The van der Waals surface area contributed by atoms with Crippen LogP contribution in [-0.2, 0) is 0 Å². The molecule has 0 saturated heterocycles. The number of halogens is 2. The van der Waals surface area contributed by atoms with Crippen molar-refractivity contribution in [2.24, 2.45) is 0 Å². The van der Waals surface area contributed by atoms with E-state index in [1.807, 2.05) is 0 Å². The van der Waals surface area contributed by atoms with Gasteiger partial charge in [0.25, 0.3) is 5.69 Å². The van der Waals surface area contributed by atoms with Gasteiger partial charge in [-0.3, -0.25) is 10.1 Å². The van der Waals surface area contributed by atoms with Crippen LogP contribution in [0.5, 0.6) is 0 Å². The molecule has 2 rings (SSSR count). The Kier molecular flexibility index (Phi) is 4.08. The van der Waals surface area contributed by atoms with Gasteiger partial charge in [-0.1, -0.05) is 23.2 Å². The van der Waals surface area contributed by atoms with Gasteiger partial charge in [-0.25, -0.2) is 0 Å². The van der Waals surface area contributed by atoms with Crippen molar-refractivity contribution in [3.63, 3.8) is 0 Å². The normalized spacial score (nSPS) is 9.85. The lowest BCUT2D eigenvalue weighted by molar-refractivity contribution is -0.385. The van der Waals surface area contributed by atoms with E-state index < -0.39 is 4.92 Å². The van der Waals surface area contributed by atoms with Crippen molar-refractivity contribution in [3.8, 4) is 6.07 Å². The summed E-state index contributed by atoms with van der Waals surface area (Å²) in [6, 6.07) is 10.9. The summed E-state index contributed by atoms with van der Waals surface area (Å²) in [6.45, 7) is 0. The molecule has 2 aromatic carbocycles. The fourth-order valence-corrected chi connectivity index (χ4v) is 2.18. The molecular weight excluding hydrogens is 301 g/mol. The Morgan fingerprint density at radius 1 is 1.10 bits per heavy atom. The van der Waals surface area contributed by atoms with Gasteiger partial charge in [0.05, 0.1) is 4.92 Å². The van der Waals surface area contributed by atoms with E-state index in [1.54, 1.807) is 24.3 Å². The second-order valence-electron chi connectivity index (χ2n) is 3.88. The van der Waals surface area contributed by atoms with Gasteiger partial charge in [0, 0.05) is 27.5 Å². The first-order valence-electron chi connectivity index (χ1n) is 5.41. The van der Waals surface area contributed by atoms with Gasteiger partial charge < -0.3 is 5.32 Å². The molecule has 0 unspecified atom stereocenters. The van der Waals surface area contributed by atoms with E-state index in [0.29, 0.717) is 21.4 Å². The van der Waals surface area contributed by atoms with Crippen molar-refractivity contribution >= 4 is 40.3 Å². The van der Waals surface area contributed by atoms with Gasteiger partial charge in [-0.15, -0.1) is 0 Å². The van der Waals surface area contributed by atoms with Crippen molar-refractivity contribution < 1.29 is 4.92 Å². The number of hydrogen-bond donors (Lipinski definition) is 1. The first-order chi connectivity index (χ1) is 9.49. The lowest BCUT2D eigenvalue weighted by Gasteiger charge is -2.08. The average molecular weight is 308 g/mol. The monoisotopic (exact) mass is 307 g/mol. The molecule has 2 aromatic rings. The predicted octanol–water partition coefficient (Wildman–Crippen LogP) is 4.52. The molecule has 0 amide bonds. The number of rotatable bonds is 3. The zero-order chi connectivity index (χ0) is 14.7. The van der Waals surface area contributed by atoms with E-state index >= 15 is 0 Å². The average Bonchev–Trinajstić information content (AvgIpc) is 2.37. The van der Waals surface area contributed by atoms with E-state index in [-0.39, 0.29) is 11.3 Å². The summed E-state index contributed by atoms with van der Waals surface area (Å²) < 4.78 is 0. The molecule has 0 aliphatic rings. The van der Waals surface area contributed by atoms with Gasteiger partial charge >= 0.3 is 0 Å². The Bertz CT molecular complexity index is 706. The third-order valence-electron chi connectivity index (χ3n) is 2.46. The molecule has 1 N–H and O–H groups in total.